The summed E-state index contributed by atoms with van der Waals surface area (Å²) in [6.07, 6.45) is 1.31. The van der Waals surface area contributed by atoms with Crippen LogP contribution in [0, 0.1) is 0 Å². The van der Waals surface area contributed by atoms with Crippen LogP contribution in [0.25, 0.3) is 0 Å². The van der Waals surface area contributed by atoms with Gasteiger partial charge in [-0.1, -0.05) is 30.4 Å². The summed E-state index contributed by atoms with van der Waals surface area (Å²) >= 11 is 1.27. The zero-order chi connectivity index (χ0) is 22.7. The van der Waals surface area contributed by atoms with Gasteiger partial charge in [-0.2, -0.15) is 0 Å². The van der Waals surface area contributed by atoms with Crippen LogP contribution in [0.15, 0.2) is 48.5 Å². The van der Waals surface area contributed by atoms with Crippen molar-refractivity contribution in [2.75, 3.05) is 16.8 Å². The van der Waals surface area contributed by atoms with Gasteiger partial charge in [-0.3, -0.25) is 19.7 Å². The molecule has 0 unspecified atom stereocenters. The Kier molecular flexibility index (Phi) is 6.27. The molecule has 1 aliphatic rings. The Labute approximate surface area is 189 Å². The zero-order valence-corrected chi connectivity index (χ0v) is 18.5. The van der Waals surface area contributed by atoms with Crippen LogP contribution >= 0.6 is 11.3 Å². The standard InChI is InChI=1S/C23H22N4O4S/c1-3-15-4-8-18(9-5-15)27-13-17(12-20(27)29)22-25-26-23(32-22)24-21(30)16-6-10-19(11-7-16)31-14(2)28/h4-11,17H,3,12-13H2,1-2H3,(H,24,26,30)/t17-/m1/s1. The third-order valence-corrected chi connectivity index (χ3v) is 6.17. The van der Waals surface area contributed by atoms with Crippen molar-refractivity contribution in [2.45, 2.75) is 32.6 Å². The molecule has 3 aromatic rings. The molecule has 1 aliphatic heterocycles. The molecule has 1 saturated heterocycles. The minimum atomic E-state index is -0.425. The number of ether oxygens (including phenoxy) is 1. The Morgan fingerprint density at radius 3 is 2.50 bits per heavy atom. The molecule has 8 nitrogen and oxygen atoms in total. The van der Waals surface area contributed by atoms with Crippen LogP contribution in [0.5, 0.6) is 5.75 Å². The molecule has 1 fully saturated rings. The Morgan fingerprint density at radius 2 is 1.84 bits per heavy atom. The highest BCUT2D eigenvalue weighted by atomic mass is 32.1. The lowest BCUT2D eigenvalue weighted by Crippen LogP contribution is -2.24. The highest BCUT2D eigenvalue weighted by Crippen LogP contribution is 2.34. The number of carbonyl (C=O) groups excluding carboxylic acids is 3. The number of aryl methyl sites for hydroxylation is 1. The summed E-state index contributed by atoms with van der Waals surface area (Å²) < 4.78 is 4.97. The lowest BCUT2D eigenvalue weighted by molar-refractivity contribution is -0.131. The van der Waals surface area contributed by atoms with E-state index in [1.165, 1.54) is 23.8 Å². The van der Waals surface area contributed by atoms with Gasteiger partial charge < -0.3 is 9.64 Å². The third-order valence-electron chi connectivity index (χ3n) is 5.17. The fourth-order valence-corrected chi connectivity index (χ4v) is 4.32. The summed E-state index contributed by atoms with van der Waals surface area (Å²) in [6, 6.07) is 14.2. The van der Waals surface area contributed by atoms with Crippen molar-refractivity contribution in [2.24, 2.45) is 0 Å². The largest absolute Gasteiger partial charge is 0.427 e. The second kappa shape index (κ2) is 9.27. The van der Waals surface area contributed by atoms with Crippen LogP contribution in [-0.2, 0) is 16.0 Å². The first-order chi connectivity index (χ1) is 15.4. The second-order valence-corrected chi connectivity index (χ2v) is 8.45. The van der Waals surface area contributed by atoms with Crippen molar-refractivity contribution >= 4 is 39.9 Å². The topological polar surface area (TPSA) is 101 Å². The molecule has 0 saturated carbocycles. The van der Waals surface area contributed by atoms with Gasteiger partial charge in [0.2, 0.25) is 11.0 Å². The monoisotopic (exact) mass is 450 g/mol. The van der Waals surface area contributed by atoms with Gasteiger partial charge in [-0.25, -0.2) is 0 Å². The second-order valence-electron chi connectivity index (χ2n) is 7.44. The van der Waals surface area contributed by atoms with E-state index < -0.39 is 5.97 Å². The number of anilines is 2. The molecule has 2 heterocycles. The Morgan fingerprint density at radius 1 is 1.12 bits per heavy atom. The van der Waals surface area contributed by atoms with Crippen molar-refractivity contribution in [3.05, 3.63) is 64.7 Å². The van der Waals surface area contributed by atoms with E-state index in [1.54, 1.807) is 29.2 Å². The van der Waals surface area contributed by atoms with E-state index in [9.17, 15) is 14.4 Å². The molecule has 9 heteroatoms. The smallest absolute Gasteiger partial charge is 0.308 e. The maximum atomic E-state index is 12.6. The molecule has 164 valence electrons. The number of carbonyl (C=O) groups is 3. The van der Waals surface area contributed by atoms with E-state index in [0.717, 1.165) is 12.1 Å². The molecule has 0 radical (unpaired) electrons. The summed E-state index contributed by atoms with van der Waals surface area (Å²) in [5, 5.41) is 12.1. The summed E-state index contributed by atoms with van der Waals surface area (Å²) in [4.78, 5) is 37.8. The van der Waals surface area contributed by atoms with Crippen molar-refractivity contribution in [3.63, 3.8) is 0 Å². The predicted molar refractivity (Wildman–Crippen MR) is 121 cm³/mol. The first-order valence-corrected chi connectivity index (χ1v) is 11.1. The maximum Gasteiger partial charge on any atom is 0.308 e. The Balaban J connectivity index is 1.39. The molecule has 1 aromatic heterocycles. The number of nitrogens with zero attached hydrogens (tertiary/aromatic N) is 3. The SMILES string of the molecule is CCc1ccc(N2C[C@H](c3nnc(NC(=O)c4ccc(OC(C)=O)cc4)s3)CC2=O)cc1. The van der Waals surface area contributed by atoms with E-state index in [1.807, 2.05) is 24.3 Å². The summed E-state index contributed by atoms with van der Waals surface area (Å²) in [7, 11) is 0. The number of hydrogen-bond donors (Lipinski definition) is 1. The normalized spacial score (nSPS) is 15.6. The lowest BCUT2D eigenvalue weighted by atomic mass is 10.1. The number of esters is 1. The van der Waals surface area contributed by atoms with E-state index >= 15 is 0 Å². The van der Waals surface area contributed by atoms with Crippen LogP contribution in [0.4, 0.5) is 10.8 Å². The number of amides is 2. The number of nitrogens with one attached hydrogen (secondary N) is 1. The highest BCUT2D eigenvalue weighted by molar-refractivity contribution is 7.15. The summed E-state index contributed by atoms with van der Waals surface area (Å²) in [5.74, 6) is -0.424. The average Bonchev–Trinajstić information content (AvgIpc) is 3.40. The van der Waals surface area contributed by atoms with E-state index in [2.05, 4.69) is 22.4 Å². The summed E-state index contributed by atoms with van der Waals surface area (Å²) in [5.41, 5.74) is 2.50. The van der Waals surface area contributed by atoms with Gasteiger partial charge in [0.15, 0.2) is 0 Å². The van der Waals surface area contributed by atoms with Crippen LogP contribution < -0.4 is 15.0 Å². The van der Waals surface area contributed by atoms with Crippen LogP contribution in [-0.4, -0.2) is 34.5 Å². The molecule has 0 spiro atoms. The van der Waals surface area contributed by atoms with Gasteiger partial charge in [0.05, 0.1) is 0 Å². The number of aromatic nitrogens is 2. The molecule has 32 heavy (non-hydrogen) atoms. The van der Waals surface area contributed by atoms with Crippen molar-refractivity contribution in [3.8, 4) is 5.75 Å². The van der Waals surface area contributed by atoms with Gasteiger partial charge in [0.1, 0.15) is 10.8 Å². The Bertz CT molecular complexity index is 1140. The lowest BCUT2D eigenvalue weighted by Gasteiger charge is -2.16. The fourth-order valence-electron chi connectivity index (χ4n) is 3.49. The molecule has 0 aliphatic carbocycles. The zero-order valence-electron chi connectivity index (χ0n) is 17.7. The quantitative estimate of drug-likeness (QED) is 0.453. The van der Waals surface area contributed by atoms with E-state index in [0.29, 0.717) is 34.4 Å². The van der Waals surface area contributed by atoms with Crippen LogP contribution in [0.1, 0.15) is 47.1 Å². The minimum absolute atomic E-state index is 0.0490. The van der Waals surface area contributed by atoms with Crippen LogP contribution in [0.3, 0.4) is 0 Å². The van der Waals surface area contributed by atoms with Gasteiger partial charge in [-0.15, -0.1) is 10.2 Å². The average molecular weight is 451 g/mol. The van der Waals surface area contributed by atoms with E-state index in [-0.39, 0.29) is 17.7 Å². The molecule has 1 N–H and O–H groups in total. The molecule has 4 rings (SSSR count). The number of benzene rings is 2. The molecular weight excluding hydrogens is 428 g/mol. The summed E-state index contributed by atoms with van der Waals surface area (Å²) in [6.45, 7) is 3.94. The molecule has 0 bridgehead atoms. The molecule has 2 amide bonds. The van der Waals surface area contributed by atoms with Gasteiger partial charge in [0.25, 0.3) is 5.91 Å². The predicted octanol–water partition coefficient (Wildman–Crippen LogP) is 3.80. The number of rotatable bonds is 6. The first kappa shape index (κ1) is 21.6. The van der Waals surface area contributed by atoms with Gasteiger partial charge >= 0.3 is 5.97 Å². The fraction of sp³-hybridized carbons (Fsp3) is 0.261. The van der Waals surface area contributed by atoms with Crippen molar-refractivity contribution in [1.82, 2.24) is 10.2 Å². The van der Waals surface area contributed by atoms with Crippen LogP contribution in [0.2, 0.25) is 0 Å². The molecule has 2 aromatic carbocycles. The number of hydrogen-bond acceptors (Lipinski definition) is 7. The van der Waals surface area contributed by atoms with E-state index in [4.69, 9.17) is 4.74 Å². The Hall–Kier alpha value is -3.59. The first-order valence-electron chi connectivity index (χ1n) is 10.3. The maximum absolute atomic E-state index is 12.6. The molecular formula is C23H22N4O4S. The van der Waals surface area contributed by atoms with Crippen molar-refractivity contribution < 1.29 is 19.1 Å². The van der Waals surface area contributed by atoms with Gasteiger partial charge in [0, 0.05) is 37.1 Å². The highest BCUT2D eigenvalue weighted by Gasteiger charge is 2.34. The van der Waals surface area contributed by atoms with Crippen molar-refractivity contribution in [1.29, 1.82) is 0 Å². The third kappa shape index (κ3) is 4.83. The van der Waals surface area contributed by atoms with Gasteiger partial charge in [-0.05, 0) is 48.4 Å². The molecule has 1 atom stereocenters. The minimum Gasteiger partial charge on any atom is -0.427 e.